The van der Waals surface area contributed by atoms with E-state index in [0.29, 0.717) is 25.5 Å². The zero-order valence-electron chi connectivity index (χ0n) is 10.8. The number of carbonyl (C=O) groups is 1. The predicted octanol–water partition coefficient (Wildman–Crippen LogP) is 2.18. The van der Waals surface area contributed by atoms with Gasteiger partial charge in [0.25, 0.3) is 0 Å². The average Bonchev–Trinajstić information content (AvgIpc) is 2.85. The third kappa shape index (κ3) is 3.33. The number of ether oxygens (including phenoxy) is 3. The maximum atomic E-state index is 11.4. The van der Waals surface area contributed by atoms with Crippen LogP contribution in [0.5, 0.6) is 5.75 Å². The summed E-state index contributed by atoms with van der Waals surface area (Å²) >= 11 is 0. The number of amides is 1. The number of nitrogens with one attached hydrogen (secondary N) is 1. The first-order chi connectivity index (χ1) is 9.14. The van der Waals surface area contributed by atoms with Gasteiger partial charge in [0, 0.05) is 12.1 Å². The molecular formula is C14H17NO4. The second kappa shape index (κ2) is 5.86. The van der Waals surface area contributed by atoms with Gasteiger partial charge in [0.2, 0.25) is 0 Å². The molecular weight excluding hydrogens is 246 g/mol. The number of rotatable bonds is 4. The van der Waals surface area contributed by atoms with Gasteiger partial charge < -0.3 is 19.5 Å². The van der Waals surface area contributed by atoms with E-state index in [4.69, 9.17) is 14.2 Å². The SMILES string of the molecule is C=CCNC(=O)Oc1cccc(C2(C)OCCO2)c1. The molecule has 1 saturated heterocycles. The molecule has 1 heterocycles. The Labute approximate surface area is 112 Å². The van der Waals surface area contributed by atoms with E-state index < -0.39 is 11.9 Å². The molecule has 0 atom stereocenters. The van der Waals surface area contributed by atoms with Crippen molar-refractivity contribution in [2.45, 2.75) is 12.7 Å². The first-order valence-corrected chi connectivity index (χ1v) is 6.09. The van der Waals surface area contributed by atoms with Crippen molar-refractivity contribution in [3.05, 3.63) is 42.5 Å². The minimum absolute atomic E-state index is 0.364. The molecule has 102 valence electrons. The van der Waals surface area contributed by atoms with Crippen LogP contribution in [-0.4, -0.2) is 25.9 Å². The van der Waals surface area contributed by atoms with Crippen LogP contribution in [0, 0.1) is 0 Å². The lowest BCUT2D eigenvalue weighted by Crippen LogP contribution is -2.27. The molecule has 0 bridgehead atoms. The van der Waals surface area contributed by atoms with Gasteiger partial charge in [-0.05, 0) is 19.1 Å². The van der Waals surface area contributed by atoms with Gasteiger partial charge >= 0.3 is 6.09 Å². The second-order valence-electron chi connectivity index (χ2n) is 4.23. The van der Waals surface area contributed by atoms with Crippen molar-refractivity contribution in [2.75, 3.05) is 19.8 Å². The predicted molar refractivity (Wildman–Crippen MR) is 69.9 cm³/mol. The molecule has 0 aromatic heterocycles. The summed E-state index contributed by atoms with van der Waals surface area (Å²) in [4.78, 5) is 11.4. The van der Waals surface area contributed by atoms with Crippen LogP contribution < -0.4 is 10.1 Å². The van der Waals surface area contributed by atoms with Crippen LogP contribution in [0.25, 0.3) is 0 Å². The molecule has 5 nitrogen and oxygen atoms in total. The van der Waals surface area contributed by atoms with E-state index >= 15 is 0 Å². The van der Waals surface area contributed by atoms with Gasteiger partial charge in [-0.15, -0.1) is 6.58 Å². The molecule has 1 aromatic rings. The Balaban J connectivity index is 2.07. The molecule has 2 rings (SSSR count). The molecule has 1 N–H and O–H groups in total. The van der Waals surface area contributed by atoms with Crippen LogP contribution >= 0.6 is 0 Å². The minimum Gasteiger partial charge on any atom is -0.410 e. The highest BCUT2D eigenvalue weighted by Gasteiger charge is 2.33. The topological polar surface area (TPSA) is 56.8 Å². The summed E-state index contributed by atoms with van der Waals surface area (Å²) in [6.07, 6.45) is 1.06. The summed E-state index contributed by atoms with van der Waals surface area (Å²) in [5.41, 5.74) is 0.819. The summed E-state index contributed by atoms with van der Waals surface area (Å²) in [5.74, 6) is -0.323. The van der Waals surface area contributed by atoms with Gasteiger partial charge in [0.1, 0.15) is 5.75 Å². The number of hydrogen-bond acceptors (Lipinski definition) is 4. The first kappa shape index (κ1) is 13.6. The van der Waals surface area contributed by atoms with Crippen molar-refractivity contribution in [3.63, 3.8) is 0 Å². The molecule has 0 saturated carbocycles. The lowest BCUT2D eigenvalue weighted by Gasteiger charge is -2.23. The highest BCUT2D eigenvalue weighted by atomic mass is 16.7. The third-order valence-corrected chi connectivity index (χ3v) is 2.80. The van der Waals surface area contributed by atoms with Crippen LogP contribution in [0.4, 0.5) is 4.79 Å². The van der Waals surface area contributed by atoms with E-state index in [1.54, 1.807) is 24.3 Å². The van der Waals surface area contributed by atoms with Gasteiger partial charge in [0.05, 0.1) is 13.2 Å². The average molecular weight is 263 g/mol. The molecule has 0 aliphatic carbocycles. The Morgan fingerprint density at radius 2 is 2.26 bits per heavy atom. The van der Waals surface area contributed by atoms with Crippen LogP contribution in [0.1, 0.15) is 12.5 Å². The van der Waals surface area contributed by atoms with Crippen LogP contribution in [-0.2, 0) is 15.3 Å². The molecule has 0 spiro atoms. The van der Waals surface area contributed by atoms with Gasteiger partial charge in [-0.3, -0.25) is 0 Å². The quantitative estimate of drug-likeness (QED) is 0.846. The molecule has 1 amide bonds. The normalized spacial score (nSPS) is 16.9. The Morgan fingerprint density at radius 3 is 2.95 bits per heavy atom. The van der Waals surface area contributed by atoms with E-state index in [1.165, 1.54) is 0 Å². The van der Waals surface area contributed by atoms with Crippen molar-refractivity contribution < 1.29 is 19.0 Å². The van der Waals surface area contributed by atoms with E-state index in [2.05, 4.69) is 11.9 Å². The maximum Gasteiger partial charge on any atom is 0.412 e. The Morgan fingerprint density at radius 1 is 1.53 bits per heavy atom. The summed E-state index contributed by atoms with van der Waals surface area (Å²) in [5, 5.41) is 2.54. The summed E-state index contributed by atoms with van der Waals surface area (Å²) < 4.78 is 16.3. The highest BCUT2D eigenvalue weighted by Crippen LogP contribution is 2.32. The third-order valence-electron chi connectivity index (χ3n) is 2.80. The summed E-state index contributed by atoms with van der Waals surface area (Å²) in [6.45, 7) is 6.83. The van der Waals surface area contributed by atoms with Crippen LogP contribution in [0.15, 0.2) is 36.9 Å². The van der Waals surface area contributed by atoms with Gasteiger partial charge in [-0.25, -0.2) is 4.79 Å². The van der Waals surface area contributed by atoms with Gasteiger partial charge in [0.15, 0.2) is 5.79 Å². The fourth-order valence-electron chi connectivity index (χ4n) is 1.82. The molecule has 1 fully saturated rings. The fourth-order valence-corrected chi connectivity index (χ4v) is 1.82. The van der Waals surface area contributed by atoms with Crippen molar-refractivity contribution in [2.24, 2.45) is 0 Å². The van der Waals surface area contributed by atoms with E-state index in [0.717, 1.165) is 5.56 Å². The zero-order chi connectivity index (χ0) is 13.7. The lowest BCUT2D eigenvalue weighted by atomic mass is 10.1. The Hall–Kier alpha value is -1.85. The monoisotopic (exact) mass is 263 g/mol. The Kier molecular flexibility index (Phi) is 4.19. The number of carbonyl (C=O) groups excluding carboxylic acids is 1. The molecule has 1 aliphatic rings. The summed E-state index contributed by atoms with van der Waals surface area (Å²) in [7, 11) is 0. The Bertz CT molecular complexity index is 466. The lowest BCUT2D eigenvalue weighted by molar-refractivity contribution is -0.149. The molecule has 5 heteroatoms. The number of benzene rings is 1. The highest BCUT2D eigenvalue weighted by molar-refractivity contribution is 5.70. The van der Waals surface area contributed by atoms with E-state index in [1.807, 2.05) is 13.0 Å². The maximum absolute atomic E-state index is 11.4. The van der Waals surface area contributed by atoms with Crippen LogP contribution in [0.3, 0.4) is 0 Å². The molecule has 0 radical (unpaired) electrons. The van der Waals surface area contributed by atoms with Crippen molar-refractivity contribution in [1.82, 2.24) is 5.32 Å². The molecule has 0 unspecified atom stereocenters. The van der Waals surface area contributed by atoms with Gasteiger partial charge in [-0.2, -0.15) is 0 Å². The van der Waals surface area contributed by atoms with E-state index in [-0.39, 0.29) is 0 Å². The van der Waals surface area contributed by atoms with Crippen molar-refractivity contribution in [3.8, 4) is 5.75 Å². The summed E-state index contributed by atoms with van der Waals surface area (Å²) in [6, 6.07) is 7.11. The molecule has 1 aromatic carbocycles. The van der Waals surface area contributed by atoms with Gasteiger partial charge in [-0.1, -0.05) is 18.2 Å². The largest absolute Gasteiger partial charge is 0.412 e. The fraction of sp³-hybridized carbons (Fsp3) is 0.357. The molecule has 19 heavy (non-hydrogen) atoms. The molecule has 1 aliphatic heterocycles. The smallest absolute Gasteiger partial charge is 0.410 e. The first-order valence-electron chi connectivity index (χ1n) is 6.09. The number of hydrogen-bond donors (Lipinski definition) is 1. The standard InChI is InChI=1S/C14H17NO4/c1-3-7-15-13(16)19-12-6-4-5-11(10-12)14(2)17-8-9-18-14/h3-6,10H,1,7-9H2,2H3,(H,15,16). The van der Waals surface area contributed by atoms with E-state index in [9.17, 15) is 4.79 Å². The second-order valence-corrected chi connectivity index (χ2v) is 4.23. The minimum atomic E-state index is -0.767. The van der Waals surface area contributed by atoms with Crippen LogP contribution in [0.2, 0.25) is 0 Å². The van der Waals surface area contributed by atoms with Crippen molar-refractivity contribution >= 4 is 6.09 Å². The zero-order valence-corrected chi connectivity index (χ0v) is 10.8. The van der Waals surface area contributed by atoms with Crippen molar-refractivity contribution in [1.29, 1.82) is 0 Å².